The third-order valence-corrected chi connectivity index (χ3v) is 4.78. The number of hydrogen-bond donors (Lipinski definition) is 2. The highest BCUT2D eigenvalue weighted by Gasteiger charge is 2.06. The van der Waals surface area contributed by atoms with Crippen molar-refractivity contribution in [3.05, 3.63) is 52.4 Å². The molecule has 104 valence electrons. The summed E-state index contributed by atoms with van der Waals surface area (Å²) in [5.74, 6) is 0.0506. The van der Waals surface area contributed by atoms with Gasteiger partial charge in [-0.1, -0.05) is 17.7 Å². The first-order valence-electron chi connectivity index (χ1n) is 5.94. The molecule has 0 aliphatic carbocycles. The number of benzene rings is 1. The highest BCUT2D eigenvalue weighted by molar-refractivity contribution is 8.00. The zero-order chi connectivity index (χ0) is 14.5. The molecule has 0 atom stereocenters. The predicted octanol–water partition coefficient (Wildman–Crippen LogP) is 2.83. The standard InChI is InChI=1S/C14H15N3OS2/c1-9-4-3-5-10(8-9)14(18)17-16-13(15)11-6-7-12(19-2)20-11/h3-8H,1-2H3,(H2,15,16)(H,17,18). The number of nitrogens with two attached hydrogens (primary N) is 1. The van der Waals surface area contributed by atoms with Crippen LogP contribution in [0.15, 0.2) is 45.7 Å². The second-order valence-electron chi connectivity index (χ2n) is 4.13. The molecule has 6 heteroatoms. The van der Waals surface area contributed by atoms with Crippen molar-refractivity contribution in [1.29, 1.82) is 0 Å². The number of amides is 1. The van der Waals surface area contributed by atoms with Gasteiger partial charge in [0.15, 0.2) is 5.84 Å². The van der Waals surface area contributed by atoms with E-state index in [0.29, 0.717) is 11.4 Å². The Labute approximate surface area is 126 Å². The molecule has 2 rings (SSSR count). The summed E-state index contributed by atoms with van der Waals surface area (Å²) in [7, 11) is 0. The van der Waals surface area contributed by atoms with Crippen LogP contribution in [0.1, 0.15) is 20.8 Å². The van der Waals surface area contributed by atoms with Crippen molar-refractivity contribution >= 4 is 34.8 Å². The molecule has 1 heterocycles. The van der Waals surface area contributed by atoms with Gasteiger partial charge in [-0.15, -0.1) is 23.1 Å². The molecule has 0 fully saturated rings. The number of carbonyl (C=O) groups excluding carboxylic acids is 1. The summed E-state index contributed by atoms with van der Waals surface area (Å²) in [6, 6.07) is 11.2. The number of nitrogens with one attached hydrogen (secondary N) is 1. The third-order valence-electron chi connectivity index (χ3n) is 2.59. The zero-order valence-corrected chi connectivity index (χ0v) is 12.8. The van der Waals surface area contributed by atoms with Crippen molar-refractivity contribution in [2.24, 2.45) is 10.8 Å². The second kappa shape index (κ2) is 6.58. The van der Waals surface area contributed by atoms with Crippen LogP contribution in [-0.2, 0) is 0 Å². The lowest BCUT2D eigenvalue weighted by Crippen LogP contribution is -2.23. The molecule has 0 radical (unpaired) electrons. The van der Waals surface area contributed by atoms with E-state index in [2.05, 4.69) is 10.5 Å². The minimum Gasteiger partial charge on any atom is -0.381 e. The van der Waals surface area contributed by atoms with Crippen LogP contribution in [0.25, 0.3) is 0 Å². The van der Waals surface area contributed by atoms with E-state index in [9.17, 15) is 4.79 Å². The highest BCUT2D eigenvalue weighted by Crippen LogP contribution is 2.24. The fraction of sp³-hybridized carbons (Fsp3) is 0.143. The number of thiophene rings is 1. The van der Waals surface area contributed by atoms with Crippen LogP contribution < -0.4 is 11.2 Å². The summed E-state index contributed by atoms with van der Waals surface area (Å²) in [4.78, 5) is 12.8. The lowest BCUT2D eigenvalue weighted by Gasteiger charge is -2.02. The van der Waals surface area contributed by atoms with E-state index in [1.165, 1.54) is 0 Å². The number of aryl methyl sites for hydroxylation is 1. The Bertz CT molecular complexity index is 649. The number of hydrazone groups is 1. The van der Waals surface area contributed by atoms with Gasteiger partial charge in [0.25, 0.3) is 5.91 Å². The Kier molecular flexibility index (Phi) is 4.81. The Morgan fingerprint density at radius 3 is 2.80 bits per heavy atom. The van der Waals surface area contributed by atoms with E-state index >= 15 is 0 Å². The van der Waals surface area contributed by atoms with Crippen molar-refractivity contribution in [3.63, 3.8) is 0 Å². The normalized spacial score (nSPS) is 11.4. The highest BCUT2D eigenvalue weighted by atomic mass is 32.2. The minimum atomic E-state index is -0.265. The Hall–Kier alpha value is -1.79. The molecule has 0 bridgehead atoms. The molecule has 3 N–H and O–H groups in total. The number of rotatable bonds is 4. The molecule has 4 nitrogen and oxygen atoms in total. The van der Waals surface area contributed by atoms with Gasteiger partial charge in [-0.3, -0.25) is 4.79 Å². The minimum absolute atomic E-state index is 0.265. The second-order valence-corrected chi connectivity index (χ2v) is 6.32. The van der Waals surface area contributed by atoms with E-state index in [4.69, 9.17) is 5.73 Å². The van der Waals surface area contributed by atoms with Crippen molar-refractivity contribution in [2.75, 3.05) is 6.26 Å². The van der Waals surface area contributed by atoms with Gasteiger partial charge < -0.3 is 5.73 Å². The largest absolute Gasteiger partial charge is 0.381 e. The van der Waals surface area contributed by atoms with Gasteiger partial charge in [-0.05, 0) is 37.4 Å². The summed E-state index contributed by atoms with van der Waals surface area (Å²) in [6.45, 7) is 1.93. The SMILES string of the molecule is CSc1ccc(C(N)=NNC(=O)c2cccc(C)c2)s1. The number of amidine groups is 1. The topological polar surface area (TPSA) is 67.5 Å². The van der Waals surface area contributed by atoms with Gasteiger partial charge in [-0.2, -0.15) is 5.10 Å². The van der Waals surface area contributed by atoms with Gasteiger partial charge in [0.1, 0.15) is 0 Å². The van der Waals surface area contributed by atoms with E-state index in [1.54, 1.807) is 35.2 Å². The predicted molar refractivity (Wildman–Crippen MR) is 85.5 cm³/mol. The first-order chi connectivity index (χ1) is 9.60. The fourth-order valence-corrected chi connectivity index (χ4v) is 3.03. The molecule has 1 aromatic heterocycles. The summed E-state index contributed by atoms with van der Waals surface area (Å²) in [5, 5.41) is 3.94. The molecular formula is C14H15N3OS2. The van der Waals surface area contributed by atoms with Crippen molar-refractivity contribution in [2.45, 2.75) is 11.1 Å². The van der Waals surface area contributed by atoms with Gasteiger partial charge in [0, 0.05) is 5.56 Å². The zero-order valence-electron chi connectivity index (χ0n) is 11.2. The number of thioether (sulfide) groups is 1. The monoisotopic (exact) mass is 305 g/mol. The maximum atomic E-state index is 11.9. The summed E-state index contributed by atoms with van der Waals surface area (Å²) in [5.41, 5.74) is 9.92. The Morgan fingerprint density at radius 2 is 2.15 bits per heavy atom. The molecule has 0 aliphatic heterocycles. The fourth-order valence-electron chi connectivity index (χ4n) is 1.58. The quantitative estimate of drug-likeness (QED) is 0.395. The Balaban J connectivity index is 2.06. The molecule has 0 saturated carbocycles. The molecule has 0 aliphatic rings. The molecule has 1 aromatic carbocycles. The van der Waals surface area contributed by atoms with Crippen LogP contribution in [0.4, 0.5) is 0 Å². The van der Waals surface area contributed by atoms with Gasteiger partial charge in [-0.25, -0.2) is 5.43 Å². The molecule has 1 amide bonds. The van der Waals surface area contributed by atoms with Crippen LogP contribution in [0, 0.1) is 6.92 Å². The first-order valence-corrected chi connectivity index (χ1v) is 7.98. The van der Waals surface area contributed by atoms with Gasteiger partial charge in [0.05, 0.1) is 9.09 Å². The number of hydrogen-bond acceptors (Lipinski definition) is 4. The van der Waals surface area contributed by atoms with Crippen LogP contribution in [0.3, 0.4) is 0 Å². The smallest absolute Gasteiger partial charge is 0.271 e. The third kappa shape index (κ3) is 3.61. The van der Waals surface area contributed by atoms with Crippen LogP contribution in [-0.4, -0.2) is 18.0 Å². The van der Waals surface area contributed by atoms with Gasteiger partial charge >= 0.3 is 0 Å². The van der Waals surface area contributed by atoms with Crippen LogP contribution in [0.5, 0.6) is 0 Å². The maximum Gasteiger partial charge on any atom is 0.271 e. The van der Waals surface area contributed by atoms with Gasteiger partial charge in [0.2, 0.25) is 0 Å². The van der Waals surface area contributed by atoms with E-state index in [-0.39, 0.29) is 5.91 Å². The van der Waals surface area contributed by atoms with Crippen LogP contribution >= 0.6 is 23.1 Å². The lowest BCUT2D eigenvalue weighted by molar-refractivity contribution is 0.0954. The molecular weight excluding hydrogens is 290 g/mol. The average molecular weight is 305 g/mol. The van der Waals surface area contributed by atoms with E-state index in [1.807, 2.05) is 37.4 Å². The summed E-state index contributed by atoms with van der Waals surface area (Å²) in [6.07, 6.45) is 2.00. The molecule has 0 unspecified atom stereocenters. The molecule has 0 saturated heterocycles. The van der Waals surface area contributed by atoms with Crippen molar-refractivity contribution in [1.82, 2.24) is 5.43 Å². The van der Waals surface area contributed by atoms with E-state index < -0.39 is 0 Å². The number of nitrogens with zero attached hydrogens (tertiary/aromatic N) is 1. The van der Waals surface area contributed by atoms with Crippen LogP contribution in [0.2, 0.25) is 0 Å². The summed E-state index contributed by atoms with van der Waals surface area (Å²) >= 11 is 3.20. The lowest BCUT2D eigenvalue weighted by atomic mass is 10.1. The Morgan fingerprint density at radius 1 is 1.35 bits per heavy atom. The molecule has 20 heavy (non-hydrogen) atoms. The first kappa shape index (κ1) is 14.6. The number of carbonyl (C=O) groups is 1. The maximum absolute atomic E-state index is 11.9. The molecule has 0 spiro atoms. The van der Waals surface area contributed by atoms with Crippen molar-refractivity contribution in [3.8, 4) is 0 Å². The van der Waals surface area contributed by atoms with E-state index in [0.717, 1.165) is 14.6 Å². The molecule has 2 aromatic rings. The average Bonchev–Trinajstić information content (AvgIpc) is 2.93. The van der Waals surface area contributed by atoms with Crippen molar-refractivity contribution < 1.29 is 4.79 Å². The summed E-state index contributed by atoms with van der Waals surface area (Å²) < 4.78 is 1.16.